The number of aryl methyl sites for hydroxylation is 1. The molecule has 256 valence electrons. The minimum Gasteiger partial charge on any atom is -0.726 e. The third-order valence-electron chi connectivity index (χ3n) is 7.03. The van der Waals surface area contributed by atoms with Crippen molar-refractivity contribution in [2.24, 2.45) is 0 Å². The van der Waals surface area contributed by atoms with Crippen molar-refractivity contribution in [3.05, 3.63) is 29.8 Å². The second kappa shape index (κ2) is 34.3. The van der Waals surface area contributed by atoms with Gasteiger partial charge >= 0.3 is 29.6 Å². The van der Waals surface area contributed by atoms with Crippen LogP contribution >= 0.6 is 0 Å². The van der Waals surface area contributed by atoms with Crippen LogP contribution in [0.1, 0.15) is 161 Å². The van der Waals surface area contributed by atoms with Crippen LogP contribution in [0.5, 0.6) is 0 Å². The summed E-state index contributed by atoms with van der Waals surface area (Å²) in [6, 6.07) is 6.73. The molecule has 0 saturated heterocycles. The van der Waals surface area contributed by atoms with Crippen LogP contribution in [-0.2, 0) is 31.1 Å². The Morgan fingerprint density at radius 3 is 1.32 bits per heavy atom. The van der Waals surface area contributed by atoms with Crippen LogP contribution in [0.2, 0.25) is 0 Å². The minimum atomic E-state index is -4.48. The van der Waals surface area contributed by atoms with Crippen LogP contribution in [0, 0.1) is 0 Å². The topological polar surface area (TPSA) is 141 Å². The van der Waals surface area contributed by atoms with Gasteiger partial charge in [0.05, 0.1) is 11.5 Å². The van der Waals surface area contributed by atoms with Crippen molar-refractivity contribution in [2.75, 3.05) is 13.2 Å². The average Bonchev–Trinajstić information content (AvgIpc) is 2.94. The predicted molar refractivity (Wildman–Crippen MR) is 177 cm³/mol. The van der Waals surface area contributed by atoms with E-state index in [1.807, 2.05) is 6.07 Å². The molecule has 0 spiro atoms. The molecular formula is C33H63NaO8S2. The van der Waals surface area contributed by atoms with Gasteiger partial charge in [0, 0.05) is 6.61 Å². The number of benzene rings is 1. The second-order valence-corrected chi connectivity index (χ2v) is 13.5. The first-order valence-corrected chi connectivity index (χ1v) is 19.6. The standard InChI is InChI=1S/C19H32O3S.C12H26O4S.C2H6O.Na/c1-2-3-4-5-6-7-8-9-10-11-12-15-18-16-13-14-17-19(18)23(20,21)22;1-2-3-4-5-6-7-8-9-10-11-12-16-17(13,14)15;1-2-3;/h13-14,16-17H,2-12,15H2,1H3,(H,20,21,22);2-12H2,1H3,(H,13,14,15);3H,2H2,1H3;/q;;;+1/p-1. The minimum absolute atomic E-state index is 0. The summed E-state index contributed by atoms with van der Waals surface area (Å²) >= 11 is 0. The van der Waals surface area contributed by atoms with Crippen LogP contribution in [-0.4, -0.2) is 44.3 Å². The van der Waals surface area contributed by atoms with Crippen molar-refractivity contribution in [1.82, 2.24) is 0 Å². The summed E-state index contributed by atoms with van der Waals surface area (Å²) in [6.07, 6.45) is 26.4. The van der Waals surface area contributed by atoms with Crippen LogP contribution in [0.4, 0.5) is 0 Å². The van der Waals surface area contributed by atoms with Gasteiger partial charge in [0.1, 0.15) is 0 Å². The van der Waals surface area contributed by atoms with E-state index < -0.39 is 20.5 Å². The van der Waals surface area contributed by atoms with Crippen LogP contribution in [0.3, 0.4) is 0 Å². The van der Waals surface area contributed by atoms with Crippen molar-refractivity contribution >= 4 is 20.5 Å². The van der Waals surface area contributed by atoms with Gasteiger partial charge < -0.3 is 9.66 Å². The third kappa shape index (κ3) is 36.4. The van der Waals surface area contributed by atoms with E-state index >= 15 is 0 Å². The maximum Gasteiger partial charge on any atom is 1.00 e. The molecule has 1 aromatic carbocycles. The first kappa shape index (κ1) is 48.4. The molecular weight excluding hydrogens is 611 g/mol. The quantitative estimate of drug-likeness (QED) is 0.0543. The molecule has 1 rings (SSSR count). The molecule has 0 amide bonds. The van der Waals surface area contributed by atoms with Gasteiger partial charge in [-0.3, -0.25) is 8.74 Å². The molecule has 0 radical (unpaired) electrons. The Labute approximate surface area is 293 Å². The first-order valence-electron chi connectivity index (χ1n) is 16.8. The van der Waals surface area contributed by atoms with E-state index in [-0.39, 0.29) is 47.7 Å². The Hall–Kier alpha value is -0.0400. The molecule has 2 N–H and O–H groups in total. The van der Waals surface area contributed by atoms with E-state index in [0.717, 1.165) is 31.2 Å². The third-order valence-corrected chi connectivity index (χ3v) is 8.44. The SMILES string of the molecule is CCCCCCCCCCCCCc1ccccc1S(=O)(=O)O.CCCCCCCCCCCCOS(=O)(=O)[O-].CCO.[Na+]. The Kier molecular flexibility index (Phi) is 37.7. The number of unbranched alkanes of at least 4 members (excludes halogenated alkanes) is 19. The zero-order chi connectivity index (χ0) is 32.7. The Morgan fingerprint density at radius 1 is 0.614 bits per heavy atom. The summed E-state index contributed by atoms with van der Waals surface area (Å²) < 4.78 is 66.3. The van der Waals surface area contributed by atoms with Gasteiger partial charge in [0.2, 0.25) is 10.4 Å². The molecule has 0 atom stereocenters. The van der Waals surface area contributed by atoms with Crippen LogP contribution in [0.15, 0.2) is 29.2 Å². The number of aliphatic hydroxyl groups is 1. The number of aliphatic hydroxyl groups excluding tert-OH is 1. The summed E-state index contributed by atoms with van der Waals surface area (Å²) in [6.45, 7) is 6.42. The summed E-state index contributed by atoms with van der Waals surface area (Å²) in [5.74, 6) is 0. The van der Waals surface area contributed by atoms with E-state index in [1.165, 1.54) is 109 Å². The fourth-order valence-corrected chi connectivity index (χ4v) is 5.77. The van der Waals surface area contributed by atoms with Crippen LogP contribution < -0.4 is 29.6 Å². The number of rotatable bonds is 25. The Morgan fingerprint density at radius 2 is 0.955 bits per heavy atom. The predicted octanol–water partition coefficient (Wildman–Crippen LogP) is 6.17. The van der Waals surface area contributed by atoms with Gasteiger partial charge in [0.15, 0.2) is 0 Å². The molecule has 0 heterocycles. The van der Waals surface area contributed by atoms with Gasteiger partial charge in [-0.1, -0.05) is 154 Å². The molecule has 0 aliphatic rings. The van der Waals surface area contributed by atoms with Crippen molar-refractivity contribution in [3.63, 3.8) is 0 Å². The number of hydrogen-bond donors (Lipinski definition) is 2. The summed E-state index contributed by atoms with van der Waals surface area (Å²) in [5, 5.41) is 7.57. The van der Waals surface area contributed by atoms with Crippen molar-refractivity contribution in [1.29, 1.82) is 0 Å². The molecule has 0 saturated carbocycles. The van der Waals surface area contributed by atoms with Gasteiger partial charge in [-0.25, -0.2) is 8.42 Å². The average molecular weight is 675 g/mol. The molecule has 0 unspecified atom stereocenters. The normalized spacial score (nSPS) is 11.1. The molecule has 1 aromatic rings. The van der Waals surface area contributed by atoms with E-state index in [1.54, 1.807) is 19.1 Å². The molecule has 0 aromatic heterocycles. The Bertz CT molecular complexity index is 941. The smallest absolute Gasteiger partial charge is 0.726 e. The Balaban J connectivity index is -0.000000712. The van der Waals surface area contributed by atoms with E-state index in [2.05, 4.69) is 18.0 Å². The molecule has 11 heteroatoms. The zero-order valence-corrected chi connectivity index (χ0v) is 32.1. The summed E-state index contributed by atoms with van der Waals surface area (Å²) in [7, 11) is -8.58. The fraction of sp³-hybridized carbons (Fsp3) is 0.818. The van der Waals surface area contributed by atoms with Crippen molar-refractivity contribution in [2.45, 2.75) is 167 Å². The summed E-state index contributed by atoms with van der Waals surface area (Å²) in [4.78, 5) is 0.0621. The van der Waals surface area contributed by atoms with E-state index in [9.17, 15) is 25.9 Å². The molecule has 8 nitrogen and oxygen atoms in total. The van der Waals surface area contributed by atoms with Crippen molar-refractivity contribution < 1.29 is 64.8 Å². The largest absolute Gasteiger partial charge is 1.00 e. The van der Waals surface area contributed by atoms with Gasteiger partial charge in [-0.2, -0.15) is 8.42 Å². The van der Waals surface area contributed by atoms with E-state index in [4.69, 9.17) is 5.11 Å². The molecule has 0 aliphatic heterocycles. The zero-order valence-electron chi connectivity index (χ0n) is 28.4. The molecule has 0 bridgehead atoms. The van der Waals surface area contributed by atoms with Crippen molar-refractivity contribution in [3.8, 4) is 0 Å². The van der Waals surface area contributed by atoms with Gasteiger partial charge in [-0.05, 0) is 37.8 Å². The fourth-order valence-electron chi connectivity index (χ4n) is 4.69. The van der Waals surface area contributed by atoms with E-state index in [0.29, 0.717) is 12.8 Å². The molecule has 0 fully saturated rings. The number of hydrogen-bond acceptors (Lipinski definition) is 7. The molecule has 44 heavy (non-hydrogen) atoms. The van der Waals surface area contributed by atoms with Crippen LogP contribution in [0.25, 0.3) is 0 Å². The first-order chi connectivity index (χ1) is 20.5. The monoisotopic (exact) mass is 674 g/mol. The maximum atomic E-state index is 11.3. The van der Waals surface area contributed by atoms with Gasteiger partial charge in [-0.15, -0.1) is 0 Å². The second-order valence-electron chi connectivity index (χ2n) is 11.1. The molecule has 0 aliphatic carbocycles. The maximum absolute atomic E-state index is 11.3. The van der Waals surface area contributed by atoms with Gasteiger partial charge in [0.25, 0.3) is 10.1 Å². The summed E-state index contributed by atoms with van der Waals surface area (Å²) in [5.41, 5.74) is 0.728.